The first-order valence-corrected chi connectivity index (χ1v) is 9.31. The number of rotatable bonds is 4. The molecule has 0 unspecified atom stereocenters. The van der Waals surface area contributed by atoms with Gasteiger partial charge in [0.05, 0.1) is 6.10 Å². The molecule has 0 heterocycles. The molecule has 0 saturated heterocycles. The van der Waals surface area contributed by atoms with Gasteiger partial charge in [-0.3, -0.25) is 4.79 Å². The smallest absolute Gasteiger partial charge is 0.255 e. The quantitative estimate of drug-likeness (QED) is 0.569. The first-order chi connectivity index (χ1) is 12.8. The molecule has 2 aromatic rings. The fraction of sp³-hybridized carbons (Fsp3) is 0.316. The van der Waals surface area contributed by atoms with E-state index in [1.807, 2.05) is 0 Å². The largest absolute Gasteiger partial charge is 0.393 e. The molecule has 1 saturated carbocycles. The van der Waals surface area contributed by atoms with Crippen molar-refractivity contribution >= 4 is 23.4 Å². The highest BCUT2D eigenvalue weighted by atomic mass is 32.2. The molecule has 2 aromatic carbocycles. The molecule has 0 bridgehead atoms. The Morgan fingerprint density at radius 2 is 1.59 bits per heavy atom. The van der Waals surface area contributed by atoms with Gasteiger partial charge in [0.1, 0.15) is 5.82 Å². The number of anilines is 1. The summed E-state index contributed by atoms with van der Waals surface area (Å²) < 4.78 is 53.6. The second kappa shape index (κ2) is 8.31. The van der Waals surface area contributed by atoms with Crippen molar-refractivity contribution in [3.05, 3.63) is 59.2 Å². The second-order valence-electron chi connectivity index (χ2n) is 6.40. The van der Waals surface area contributed by atoms with Gasteiger partial charge in [-0.25, -0.2) is 17.6 Å². The lowest BCUT2D eigenvalue weighted by atomic mass is 9.97. The molecule has 3 nitrogen and oxygen atoms in total. The van der Waals surface area contributed by atoms with Gasteiger partial charge in [-0.15, -0.1) is 11.8 Å². The minimum absolute atomic E-state index is 0.111. The SMILES string of the molecule is O=C(Nc1cc(F)c(F)c(F)c1)c1ccc(F)c(SC2CCC(O)CC2)c1. The molecule has 1 aliphatic carbocycles. The Balaban J connectivity index is 1.74. The zero-order valence-electron chi connectivity index (χ0n) is 14.1. The molecule has 144 valence electrons. The van der Waals surface area contributed by atoms with Crippen molar-refractivity contribution in [1.29, 1.82) is 0 Å². The molecule has 0 radical (unpaired) electrons. The third-order valence-corrected chi connectivity index (χ3v) is 5.74. The summed E-state index contributed by atoms with van der Waals surface area (Å²) >= 11 is 1.30. The second-order valence-corrected chi connectivity index (χ2v) is 7.74. The van der Waals surface area contributed by atoms with Gasteiger partial charge in [-0.2, -0.15) is 0 Å². The molecule has 1 aliphatic rings. The number of aliphatic hydroxyl groups is 1. The minimum atomic E-state index is -1.62. The number of benzene rings is 2. The fourth-order valence-corrected chi connectivity index (χ4v) is 4.15. The molecule has 0 spiro atoms. The summed E-state index contributed by atoms with van der Waals surface area (Å²) in [6.07, 6.45) is 2.48. The van der Waals surface area contributed by atoms with Crippen LogP contribution in [0.1, 0.15) is 36.0 Å². The number of hydrogen-bond donors (Lipinski definition) is 2. The third-order valence-electron chi connectivity index (χ3n) is 4.37. The summed E-state index contributed by atoms with van der Waals surface area (Å²) in [6.45, 7) is 0. The molecule has 2 N–H and O–H groups in total. The van der Waals surface area contributed by atoms with E-state index < -0.39 is 29.2 Å². The van der Waals surface area contributed by atoms with Gasteiger partial charge in [0.2, 0.25) is 0 Å². The molecule has 27 heavy (non-hydrogen) atoms. The minimum Gasteiger partial charge on any atom is -0.393 e. The fourth-order valence-electron chi connectivity index (χ4n) is 2.91. The van der Waals surface area contributed by atoms with Crippen LogP contribution in [-0.4, -0.2) is 22.4 Å². The Morgan fingerprint density at radius 1 is 0.963 bits per heavy atom. The molecule has 1 fully saturated rings. The molecule has 0 aliphatic heterocycles. The first-order valence-electron chi connectivity index (χ1n) is 8.43. The van der Waals surface area contributed by atoms with Gasteiger partial charge in [0, 0.05) is 33.5 Å². The Labute approximate surface area is 157 Å². The molecule has 3 rings (SSSR count). The third kappa shape index (κ3) is 4.81. The van der Waals surface area contributed by atoms with Crippen LogP contribution in [0, 0.1) is 23.3 Å². The first kappa shape index (κ1) is 19.7. The average Bonchev–Trinajstić information content (AvgIpc) is 2.63. The van der Waals surface area contributed by atoms with Crippen LogP contribution in [-0.2, 0) is 0 Å². The maximum absolute atomic E-state index is 14.1. The standard InChI is InChI=1S/C19H17F4NO2S/c20-14-6-1-10(7-17(14)27-13-4-2-12(25)3-5-13)19(26)24-11-8-15(21)18(23)16(22)9-11/h1,6-9,12-13,25H,2-5H2,(H,24,26). The van der Waals surface area contributed by atoms with Crippen molar-refractivity contribution in [3.8, 4) is 0 Å². The van der Waals surface area contributed by atoms with Gasteiger partial charge in [0.25, 0.3) is 5.91 Å². The summed E-state index contributed by atoms with van der Waals surface area (Å²) in [6, 6.07) is 5.12. The molecule has 1 amide bonds. The number of halogens is 4. The van der Waals surface area contributed by atoms with Crippen LogP contribution in [0.4, 0.5) is 23.2 Å². The van der Waals surface area contributed by atoms with Crippen molar-refractivity contribution in [2.75, 3.05) is 5.32 Å². The lowest BCUT2D eigenvalue weighted by Crippen LogP contribution is -2.19. The Morgan fingerprint density at radius 3 is 2.22 bits per heavy atom. The number of amides is 1. The predicted molar refractivity (Wildman–Crippen MR) is 94.8 cm³/mol. The number of nitrogens with one attached hydrogen (secondary N) is 1. The highest BCUT2D eigenvalue weighted by Crippen LogP contribution is 2.35. The van der Waals surface area contributed by atoms with E-state index in [4.69, 9.17) is 0 Å². The molecule has 0 atom stereocenters. The van der Waals surface area contributed by atoms with E-state index in [1.54, 1.807) is 0 Å². The maximum Gasteiger partial charge on any atom is 0.255 e. The van der Waals surface area contributed by atoms with E-state index in [-0.39, 0.29) is 22.6 Å². The van der Waals surface area contributed by atoms with Crippen LogP contribution in [0.5, 0.6) is 0 Å². The Hall–Kier alpha value is -2.06. The van der Waals surface area contributed by atoms with Crippen LogP contribution < -0.4 is 5.32 Å². The van der Waals surface area contributed by atoms with Crippen LogP contribution >= 0.6 is 11.8 Å². The highest BCUT2D eigenvalue weighted by Gasteiger charge is 2.22. The summed E-state index contributed by atoms with van der Waals surface area (Å²) in [5.41, 5.74) is -0.129. The van der Waals surface area contributed by atoms with Crippen molar-refractivity contribution in [2.45, 2.75) is 41.9 Å². The number of hydrogen-bond acceptors (Lipinski definition) is 3. The lowest BCUT2D eigenvalue weighted by Gasteiger charge is -2.25. The number of carbonyl (C=O) groups is 1. The summed E-state index contributed by atoms with van der Waals surface area (Å²) in [5.74, 6) is -5.62. The van der Waals surface area contributed by atoms with Crippen LogP contribution in [0.25, 0.3) is 0 Å². The van der Waals surface area contributed by atoms with E-state index in [9.17, 15) is 27.5 Å². The van der Waals surface area contributed by atoms with E-state index in [0.29, 0.717) is 29.9 Å². The highest BCUT2D eigenvalue weighted by molar-refractivity contribution is 8.00. The van der Waals surface area contributed by atoms with Crippen molar-refractivity contribution < 1.29 is 27.5 Å². The Bertz CT molecular complexity index is 831. The zero-order chi connectivity index (χ0) is 19.6. The van der Waals surface area contributed by atoms with Crippen LogP contribution in [0.3, 0.4) is 0 Å². The average molecular weight is 399 g/mol. The number of thioether (sulfide) groups is 1. The molecular weight excluding hydrogens is 382 g/mol. The van der Waals surface area contributed by atoms with Gasteiger partial charge in [0.15, 0.2) is 17.5 Å². The van der Waals surface area contributed by atoms with E-state index in [2.05, 4.69) is 5.32 Å². The van der Waals surface area contributed by atoms with Crippen LogP contribution in [0.2, 0.25) is 0 Å². The lowest BCUT2D eigenvalue weighted by molar-refractivity contribution is 0.102. The van der Waals surface area contributed by atoms with Gasteiger partial charge in [-0.05, 0) is 43.9 Å². The summed E-state index contributed by atoms with van der Waals surface area (Å²) in [4.78, 5) is 12.6. The molecular formula is C19H17F4NO2S. The topological polar surface area (TPSA) is 49.3 Å². The van der Waals surface area contributed by atoms with Crippen molar-refractivity contribution in [1.82, 2.24) is 0 Å². The molecule has 8 heteroatoms. The summed E-state index contributed by atoms with van der Waals surface area (Å²) in [7, 11) is 0. The summed E-state index contributed by atoms with van der Waals surface area (Å²) in [5, 5.41) is 12.0. The molecule has 0 aromatic heterocycles. The van der Waals surface area contributed by atoms with Crippen molar-refractivity contribution in [2.24, 2.45) is 0 Å². The van der Waals surface area contributed by atoms with Gasteiger partial charge >= 0.3 is 0 Å². The normalized spacial score (nSPS) is 19.7. The van der Waals surface area contributed by atoms with E-state index in [0.717, 1.165) is 18.9 Å². The Kier molecular flexibility index (Phi) is 6.06. The van der Waals surface area contributed by atoms with Gasteiger partial charge in [-0.1, -0.05) is 0 Å². The number of aliphatic hydroxyl groups excluding tert-OH is 1. The van der Waals surface area contributed by atoms with Crippen molar-refractivity contribution in [3.63, 3.8) is 0 Å². The van der Waals surface area contributed by atoms with E-state index >= 15 is 0 Å². The van der Waals surface area contributed by atoms with Gasteiger partial charge < -0.3 is 10.4 Å². The zero-order valence-corrected chi connectivity index (χ0v) is 15.0. The maximum atomic E-state index is 14.1. The monoisotopic (exact) mass is 399 g/mol. The number of carbonyl (C=O) groups excluding carboxylic acids is 1. The predicted octanol–water partition coefficient (Wildman–Crippen LogP) is 4.89. The van der Waals surface area contributed by atoms with E-state index in [1.165, 1.54) is 23.9 Å². The van der Waals surface area contributed by atoms with Crippen LogP contribution in [0.15, 0.2) is 35.2 Å².